The maximum absolute atomic E-state index is 14.2. The maximum atomic E-state index is 14.2. The van der Waals surface area contributed by atoms with E-state index in [1.807, 2.05) is 39.6 Å². The summed E-state index contributed by atoms with van der Waals surface area (Å²) in [5.41, 5.74) is 1.04. The van der Waals surface area contributed by atoms with E-state index < -0.39 is 20.0 Å². The standard InChI is InChI=1S/C20H24F2N5O2P.C4H10/c1-12(2)28-30(29-13(3)4)7-5-6-23-20-17(22)11-26-19(27-20)16-10-25-18-15(16)8-14(21)9-24-18;1-4(2)3/h5,7-13H,6H2,1-4H3,(H,24,25)(H,23,26,27);4H,1-3H3/b7-5+;. The largest absolute Gasteiger partial charge is 0.364 e. The van der Waals surface area contributed by atoms with Gasteiger partial charge in [-0.15, -0.1) is 0 Å². The van der Waals surface area contributed by atoms with Gasteiger partial charge in [0, 0.05) is 23.7 Å². The van der Waals surface area contributed by atoms with Crippen LogP contribution in [0.3, 0.4) is 0 Å². The van der Waals surface area contributed by atoms with Crippen molar-refractivity contribution in [2.24, 2.45) is 5.92 Å². The molecule has 0 unspecified atom stereocenters. The van der Waals surface area contributed by atoms with E-state index in [4.69, 9.17) is 9.05 Å². The summed E-state index contributed by atoms with van der Waals surface area (Å²) in [6.07, 6.45) is 5.69. The number of anilines is 1. The summed E-state index contributed by atoms with van der Waals surface area (Å²) in [6.45, 7) is 14.6. The second-order valence-corrected chi connectivity index (χ2v) is 10.0. The van der Waals surface area contributed by atoms with Crippen molar-refractivity contribution in [1.29, 1.82) is 0 Å². The van der Waals surface area contributed by atoms with Gasteiger partial charge in [0.25, 0.3) is 0 Å². The van der Waals surface area contributed by atoms with E-state index in [0.717, 1.165) is 18.3 Å². The Morgan fingerprint density at radius 1 is 1.03 bits per heavy atom. The van der Waals surface area contributed by atoms with Gasteiger partial charge in [0.1, 0.15) is 11.5 Å². The maximum Gasteiger partial charge on any atom is 0.197 e. The molecule has 0 aliphatic rings. The molecule has 3 rings (SSSR count). The molecule has 7 nitrogen and oxygen atoms in total. The fourth-order valence-corrected chi connectivity index (χ4v) is 3.89. The highest BCUT2D eigenvalue weighted by Gasteiger charge is 2.14. The summed E-state index contributed by atoms with van der Waals surface area (Å²) >= 11 is 0. The molecular weight excluding hydrogens is 459 g/mol. The van der Waals surface area contributed by atoms with E-state index in [1.54, 1.807) is 6.20 Å². The van der Waals surface area contributed by atoms with Crippen LogP contribution in [0.2, 0.25) is 0 Å². The number of hydrogen-bond donors (Lipinski definition) is 2. The molecule has 3 aromatic heterocycles. The van der Waals surface area contributed by atoms with Crippen LogP contribution in [0.15, 0.2) is 36.6 Å². The quantitative estimate of drug-likeness (QED) is 0.311. The highest BCUT2D eigenvalue weighted by atomic mass is 31.2. The number of nitrogens with zero attached hydrogens (tertiary/aromatic N) is 3. The molecule has 0 aromatic carbocycles. The molecule has 186 valence electrons. The fraction of sp³-hybridized carbons (Fsp3) is 0.458. The van der Waals surface area contributed by atoms with E-state index in [-0.39, 0.29) is 23.9 Å². The molecule has 0 aliphatic carbocycles. The van der Waals surface area contributed by atoms with Crippen LogP contribution in [0, 0.1) is 17.6 Å². The first kappa shape index (κ1) is 27.8. The third-order valence-electron chi connectivity index (χ3n) is 3.73. The van der Waals surface area contributed by atoms with Gasteiger partial charge in [0.15, 0.2) is 25.8 Å². The second-order valence-electron chi connectivity index (χ2n) is 8.73. The number of halogens is 2. The first-order valence-electron chi connectivity index (χ1n) is 11.3. The average Bonchev–Trinajstić information content (AvgIpc) is 3.14. The molecule has 0 spiro atoms. The van der Waals surface area contributed by atoms with Crippen LogP contribution in [0.4, 0.5) is 14.6 Å². The predicted octanol–water partition coefficient (Wildman–Crippen LogP) is 7.05. The van der Waals surface area contributed by atoms with Crippen molar-refractivity contribution < 1.29 is 17.8 Å². The zero-order chi connectivity index (χ0) is 25.3. The zero-order valence-corrected chi connectivity index (χ0v) is 21.7. The van der Waals surface area contributed by atoms with Gasteiger partial charge < -0.3 is 19.3 Å². The lowest BCUT2D eigenvalue weighted by molar-refractivity contribution is 0.183. The van der Waals surface area contributed by atoms with E-state index in [2.05, 4.69) is 46.0 Å². The number of nitrogens with one attached hydrogen (secondary N) is 2. The molecule has 0 saturated carbocycles. The van der Waals surface area contributed by atoms with Crippen LogP contribution in [0.25, 0.3) is 22.4 Å². The minimum atomic E-state index is -1.18. The lowest BCUT2D eigenvalue weighted by Gasteiger charge is -2.18. The number of H-pyrrole nitrogens is 1. The number of hydrogen-bond acceptors (Lipinski definition) is 6. The molecule has 3 heterocycles. The Morgan fingerprint density at radius 2 is 1.68 bits per heavy atom. The van der Waals surface area contributed by atoms with Crippen molar-refractivity contribution >= 4 is 25.2 Å². The van der Waals surface area contributed by atoms with Gasteiger partial charge in [-0.05, 0) is 45.5 Å². The smallest absolute Gasteiger partial charge is 0.197 e. The normalized spacial score (nSPS) is 11.8. The monoisotopic (exact) mass is 493 g/mol. The van der Waals surface area contributed by atoms with E-state index in [0.29, 0.717) is 23.1 Å². The van der Waals surface area contributed by atoms with Crippen molar-refractivity contribution in [2.75, 3.05) is 11.9 Å². The highest BCUT2D eigenvalue weighted by molar-refractivity contribution is 7.50. The molecule has 0 saturated heterocycles. The lowest BCUT2D eigenvalue weighted by atomic mass is 10.2. The molecule has 10 heteroatoms. The van der Waals surface area contributed by atoms with Crippen LogP contribution < -0.4 is 5.32 Å². The number of pyridine rings is 1. The average molecular weight is 494 g/mol. The highest BCUT2D eigenvalue weighted by Crippen LogP contribution is 2.42. The number of aromatic amines is 1. The van der Waals surface area contributed by atoms with Gasteiger partial charge in [-0.3, -0.25) is 0 Å². The van der Waals surface area contributed by atoms with Gasteiger partial charge in [0.05, 0.1) is 24.6 Å². The van der Waals surface area contributed by atoms with Crippen molar-refractivity contribution in [1.82, 2.24) is 19.9 Å². The Bertz CT molecular complexity index is 1060. The first-order valence-corrected chi connectivity index (χ1v) is 12.5. The molecule has 34 heavy (non-hydrogen) atoms. The summed E-state index contributed by atoms with van der Waals surface area (Å²) < 4.78 is 39.2. The number of fused-ring (bicyclic) bond motifs is 1. The Labute approximate surface area is 201 Å². The second kappa shape index (κ2) is 13.4. The van der Waals surface area contributed by atoms with Crippen molar-refractivity contribution in [3.05, 3.63) is 48.2 Å². The number of rotatable bonds is 9. The number of aromatic nitrogens is 4. The van der Waals surface area contributed by atoms with Crippen LogP contribution in [-0.4, -0.2) is 38.7 Å². The summed E-state index contributed by atoms with van der Waals surface area (Å²) in [7, 11) is -1.18. The van der Waals surface area contributed by atoms with Gasteiger partial charge in [-0.2, -0.15) is 0 Å². The summed E-state index contributed by atoms with van der Waals surface area (Å²) in [5.74, 6) is 1.90. The van der Waals surface area contributed by atoms with Crippen molar-refractivity contribution in [2.45, 2.75) is 60.7 Å². The van der Waals surface area contributed by atoms with Crippen molar-refractivity contribution in [3.8, 4) is 11.4 Å². The van der Waals surface area contributed by atoms with E-state index in [9.17, 15) is 8.78 Å². The SMILES string of the molecule is CC(C)C.CC(C)OP(/C=C/CNc1nc(-c2c[nH]c3ncc(F)cc23)ncc1F)OC(C)C. The molecule has 0 atom stereocenters. The van der Waals surface area contributed by atoms with Gasteiger partial charge in [-0.25, -0.2) is 23.7 Å². The van der Waals surface area contributed by atoms with Gasteiger partial charge >= 0.3 is 0 Å². The Hall–Kier alpha value is -2.48. The van der Waals surface area contributed by atoms with Crippen LogP contribution in [-0.2, 0) is 9.05 Å². The summed E-state index contributed by atoms with van der Waals surface area (Å²) in [6, 6.07) is 1.34. The predicted molar refractivity (Wildman–Crippen MR) is 135 cm³/mol. The zero-order valence-electron chi connectivity index (χ0n) is 20.8. The molecule has 3 aromatic rings. The van der Waals surface area contributed by atoms with Crippen LogP contribution in [0.1, 0.15) is 48.5 Å². The third-order valence-corrected chi connectivity index (χ3v) is 5.44. The lowest BCUT2D eigenvalue weighted by Crippen LogP contribution is -2.06. The fourth-order valence-electron chi connectivity index (χ4n) is 2.59. The first-order chi connectivity index (χ1) is 16.1. The van der Waals surface area contributed by atoms with Crippen LogP contribution >= 0.6 is 8.38 Å². The molecule has 2 N–H and O–H groups in total. The Balaban J connectivity index is 0.000000945. The molecule has 0 radical (unpaired) electrons. The minimum Gasteiger partial charge on any atom is -0.364 e. The van der Waals surface area contributed by atoms with Gasteiger partial charge in [-0.1, -0.05) is 26.8 Å². The Morgan fingerprint density at radius 3 is 2.29 bits per heavy atom. The molecule has 0 amide bonds. The minimum absolute atomic E-state index is 0.0323. The topological polar surface area (TPSA) is 85.0 Å². The Kier molecular flexibility index (Phi) is 11.0. The molecule has 0 fully saturated rings. The van der Waals surface area contributed by atoms with Crippen LogP contribution in [0.5, 0.6) is 0 Å². The van der Waals surface area contributed by atoms with Gasteiger partial charge in [0.2, 0.25) is 0 Å². The van der Waals surface area contributed by atoms with E-state index >= 15 is 0 Å². The van der Waals surface area contributed by atoms with Crippen molar-refractivity contribution in [3.63, 3.8) is 0 Å². The summed E-state index contributed by atoms with van der Waals surface area (Å²) in [5, 5.41) is 3.45. The third kappa shape index (κ3) is 9.05. The summed E-state index contributed by atoms with van der Waals surface area (Å²) in [4.78, 5) is 15.2. The van der Waals surface area contributed by atoms with E-state index in [1.165, 1.54) is 6.07 Å². The molecule has 0 aliphatic heterocycles. The molecular formula is C24H34F2N5O2P. The molecule has 0 bridgehead atoms.